The van der Waals surface area contributed by atoms with Gasteiger partial charge in [-0.15, -0.1) is 0 Å². The number of hydrogen-bond donors (Lipinski definition) is 1. The molecule has 3 rings (SSSR count). The first-order chi connectivity index (χ1) is 14.2. The van der Waals surface area contributed by atoms with E-state index < -0.39 is 53.0 Å². The van der Waals surface area contributed by atoms with Gasteiger partial charge >= 0.3 is 5.63 Å². The Kier molecular flexibility index (Phi) is 6.04. The standard InChI is InChI=1S/C20H14F5NO4/c1-2-9-3-4-12-11(5-9)10(6-14(28)30-12)7-26-13(27)8-29-20-18(24)16(22)15(21)17(23)19(20)25/h3-6H,2,7-8H2,1H3,(H,26,27). The van der Waals surface area contributed by atoms with E-state index >= 15 is 0 Å². The summed E-state index contributed by atoms with van der Waals surface area (Å²) in [7, 11) is 0. The molecule has 0 atom stereocenters. The predicted molar refractivity (Wildman–Crippen MR) is 95.4 cm³/mol. The molecule has 0 aliphatic carbocycles. The molecule has 0 saturated heterocycles. The molecule has 0 aliphatic rings. The largest absolute Gasteiger partial charge is 0.477 e. The minimum atomic E-state index is -2.33. The molecule has 0 radical (unpaired) electrons. The Morgan fingerprint density at radius 1 is 1.00 bits per heavy atom. The van der Waals surface area contributed by atoms with E-state index in [-0.39, 0.29) is 6.54 Å². The van der Waals surface area contributed by atoms with E-state index in [4.69, 9.17) is 4.42 Å². The van der Waals surface area contributed by atoms with Gasteiger partial charge in [0.2, 0.25) is 29.1 Å². The molecule has 2 aromatic carbocycles. The van der Waals surface area contributed by atoms with Gasteiger partial charge < -0.3 is 14.5 Å². The molecule has 0 fully saturated rings. The lowest BCUT2D eigenvalue weighted by Gasteiger charge is -2.11. The summed E-state index contributed by atoms with van der Waals surface area (Å²) in [6.07, 6.45) is 0.719. The van der Waals surface area contributed by atoms with E-state index in [1.54, 1.807) is 18.2 Å². The Morgan fingerprint density at radius 2 is 1.63 bits per heavy atom. The maximum atomic E-state index is 13.6. The van der Waals surface area contributed by atoms with E-state index in [0.717, 1.165) is 12.0 Å². The number of carbonyl (C=O) groups excluding carboxylic acids is 1. The third-order valence-corrected chi connectivity index (χ3v) is 4.29. The lowest BCUT2D eigenvalue weighted by molar-refractivity contribution is -0.123. The zero-order chi connectivity index (χ0) is 22.0. The fourth-order valence-electron chi connectivity index (χ4n) is 2.74. The monoisotopic (exact) mass is 427 g/mol. The normalized spacial score (nSPS) is 11.0. The van der Waals surface area contributed by atoms with Crippen LogP contribution in [0, 0.1) is 29.1 Å². The van der Waals surface area contributed by atoms with Crippen LogP contribution in [0.4, 0.5) is 22.0 Å². The lowest BCUT2D eigenvalue weighted by atomic mass is 10.1. The summed E-state index contributed by atoms with van der Waals surface area (Å²) >= 11 is 0. The van der Waals surface area contributed by atoms with Crippen LogP contribution < -0.4 is 15.7 Å². The van der Waals surface area contributed by atoms with Crippen LogP contribution in [0.2, 0.25) is 0 Å². The quantitative estimate of drug-likeness (QED) is 0.282. The lowest BCUT2D eigenvalue weighted by Crippen LogP contribution is -2.29. The molecule has 10 heteroatoms. The van der Waals surface area contributed by atoms with Crippen LogP contribution in [0.1, 0.15) is 18.1 Å². The summed E-state index contributed by atoms with van der Waals surface area (Å²) in [6.45, 7) is 0.755. The van der Waals surface area contributed by atoms with Crippen molar-refractivity contribution in [2.24, 2.45) is 0 Å². The van der Waals surface area contributed by atoms with Crippen molar-refractivity contribution in [1.82, 2.24) is 5.32 Å². The highest BCUT2D eigenvalue weighted by molar-refractivity contribution is 5.82. The Morgan fingerprint density at radius 3 is 2.27 bits per heavy atom. The summed E-state index contributed by atoms with van der Waals surface area (Å²) in [6, 6.07) is 6.36. The third kappa shape index (κ3) is 4.12. The molecular formula is C20H14F5NO4. The number of nitrogens with one attached hydrogen (secondary N) is 1. The van der Waals surface area contributed by atoms with Crippen molar-refractivity contribution in [2.45, 2.75) is 19.9 Å². The number of fused-ring (bicyclic) bond motifs is 1. The molecule has 3 aromatic rings. The minimum absolute atomic E-state index is 0.158. The topological polar surface area (TPSA) is 68.5 Å². The molecule has 0 saturated carbocycles. The summed E-state index contributed by atoms with van der Waals surface area (Å²) in [4.78, 5) is 23.6. The second-order valence-corrected chi connectivity index (χ2v) is 6.24. The van der Waals surface area contributed by atoms with Crippen LogP contribution in [0.25, 0.3) is 11.0 Å². The van der Waals surface area contributed by atoms with Gasteiger partial charge in [-0.2, -0.15) is 8.78 Å². The zero-order valence-electron chi connectivity index (χ0n) is 15.5. The van der Waals surface area contributed by atoms with Crippen LogP contribution in [0.5, 0.6) is 5.75 Å². The summed E-state index contributed by atoms with van der Waals surface area (Å²) in [5.41, 5.74) is 1.04. The SMILES string of the molecule is CCc1ccc2oc(=O)cc(CNC(=O)COc3c(F)c(F)c(F)c(F)c3F)c2c1. The number of hydrogen-bond acceptors (Lipinski definition) is 4. The number of ether oxygens (including phenoxy) is 1. The molecule has 1 N–H and O–H groups in total. The molecule has 0 spiro atoms. The maximum absolute atomic E-state index is 13.6. The van der Waals surface area contributed by atoms with Crippen LogP contribution in [0.15, 0.2) is 33.5 Å². The Balaban J connectivity index is 1.74. The maximum Gasteiger partial charge on any atom is 0.336 e. The van der Waals surface area contributed by atoms with Gasteiger partial charge in [0.1, 0.15) is 5.58 Å². The minimum Gasteiger partial charge on any atom is -0.477 e. The highest BCUT2D eigenvalue weighted by Crippen LogP contribution is 2.29. The molecular weight excluding hydrogens is 413 g/mol. The van der Waals surface area contributed by atoms with Crippen molar-refractivity contribution >= 4 is 16.9 Å². The van der Waals surface area contributed by atoms with Gasteiger partial charge in [-0.25, -0.2) is 18.0 Å². The summed E-state index contributed by atoms with van der Waals surface area (Å²) in [5.74, 6) is -13.5. The highest BCUT2D eigenvalue weighted by Gasteiger charge is 2.27. The number of halogens is 5. The van der Waals surface area contributed by atoms with Gasteiger partial charge in [-0.1, -0.05) is 13.0 Å². The van der Waals surface area contributed by atoms with Crippen molar-refractivity contribution in [3.05, 3.63) is 74.9 Å². The number of carbonyl (C=O) groups is 1. The number of amides is 1. The smallest absolute Gasteiger partial charge is 0.336 e. The van der Waals surface area contributed by atoms with Gasteiger partial charge in [0, 0.05) is 18.0 Å². The Bertz CT molecular complexity index is 1160. The van der Waals surface area contributed by atoms with Crippen molar-refractivity contribution in [3.63, 3.8) is 0 Å². The number of aryl methyl sites for hydroxylation is 1. The molecule has 30 heavy (non-hydrogen) atoms. The average Bonchev–Trinajstić information content (AvgIpc) is 2.74. The fourth-order valence-corrected chi connectivity index (χ4v) is 2.74. The molecule has 5 nitrogen and oxygen atoms in total. The molecule has 158 valence electrons. The van der Waals surface area contributed by atoms with Gasteiger partial charge in [0.05, 0.1) is 0 Å². The van der Waals surface area contributed by atoms with Crippen LogP contribution in [-0.2, 0) is 17.8 Å². The molecule has 1 amide bonds. The van der Waals surface area contributed by atoms with E-state index in [1.165, 1.54) is 6.07 Å². The number of benzene rings is 2. The first kappa shape index (κ1) is 21.3. The van der Waals surface area contributed by atoms with Crippen LogP contribution in [-0.4, -0.2) is 12.5 Å². The van der Waals surface area contributed by atoms with Crippen molar-refractivity contribution in [2.75, 3.05) is 6.61 Å². The predicted octanol–water partition coefficient (Wildman–Crippen LogP) is 3.75. The van der Waals surface area contributed by atoms with Crippen molar-refractivity contribution in [1.29, 1.82) is 0 Å². The first-order valence-corrected chi connectivity index (χ1v) is 8.69. The van der Waals surface area contributed by atoms with E-state index in [1.807, 2.05) is 6.92 Å². The fraction of sp³-hybridized carbons (Fsp3) is 0.200. The Hall–Kier alpha value is -3.43. The van der Waals surface area contributed by atoms with Gasteiger partial charge in [0.25, 0.3) is 5.91 Å². The summed E-state index contributed by atoms with van der Waals surface area (Å²) < 4.78 is 76.1. The zero-order valence-corrected chi connectivity index (χ0v) is 15.5. The number of rotatable bonds is 6. The molecule has 0 bridgehead atoms. The second kappa shape index (κ2) is 8.52. The van der Waals surface area contributed by atoms with Gasteiger partial charge in [0.15, 0.2) is 12.4 Å². The van der Waals surface area contributed by atoms with E-state index in [2.05, 4.69) is 10.1 Å². The second-order valence-electron chi connectivity index (χ2n) is 6.24. The summed E-state index contributed by atoms with van der Waals surface area (Å²) in [5, 5.41) is 2.93. The molecule has 0 aliphatic heterocycles. The van der Waals surface area contributed by atoms with Crippen LogP contribution in [0.3, 0.4) is 0 Å². The van der Waals surface area contributed by atoms with Gasteiger partial charge in [-0.3, -0.25) is 4.79 Å². The van der Waals surface area contributed by atoms with Crippen LogP contribution >= 0.6 is 0 Å². The van der Waals surface area contributed by atoms with E-state index in [9.17, 15) is 31.5 Å². The first-order valence-electron chi connectivity index (χ1n) is 8.69. The Labute approximate surface area is 166 Å². The molecule has 0 unspecified atom stereocenters. The average molecular weight is 427 g/mol. The van der Waals surface area contributed by atoms with E-state index in [0.29, 0.717) is 16.5 Å². The molecule has 1 heterocycles. The third-order valence-electron chi connectivity index (χ3n) is 4.29. The van der Waals surface area contributed by atoms with Crippen molar-refractivity contribution in [3.8, 4) is 5.75 Å². The van der Waals surface area contributed by atoms with Crippen molar-refractivity contribution < 1.29 is 35.9 Å². The molecule has 1 aromatic heterocycles. The van der Waals surface area contributed by atoms with Gasteiger partial charge in [-0.05, 0) is 29.7 Å². The highest BCUT2D eigenvalue weighted by atomic mass is 19.2.